The summed E-state index contributed by atoms with van der Waals surface area (Å²) in [5.41, 5.74) is 7.27. The van der Waals surface area contributed by atoms with Crippen molar-refractivity contribution < 1.29 is 14.7 Å². The summed E-state index contributed by atoms with van der Waals surface area (Å²) in [7, 11) is 0. The molecular formula is C12H16N2O3. The first kappa shape index (κ1) is 13.0. The van der Waals surface area contributed by atoms with Crippen LogP contribution in [0.2, 0.25) is 0 Å². The van der Waals surface area contributed by atoms with Crippen LogP contribution in [-0.4, -0.2) is 23.5 Å². The molecule has 0 aromatic heterocycles. The molecule has 1 aromatic rings. The van der Waals surface area contributed by atoms with Crippen LogP contribution >= 0.6 is 0 Å². The highest BCUT2D eigenvalue weighted by molar-refractivity contribution is 5.77. The summed E-state index contributed by atoms with van der Waals surface area (Å²) in [6.07, 6.45) is 0.927. The van der Waals surface area contributed by atoms with Gasteiger partial charge < -0.3 is 16.2 Å². The lowest BCUT2D eigenvalue weighted by Gasteiger charge is -2.04. The van der Waals surface area contributed by atoms with Crippen LogP contribution in [0.25, 0.3) is 0 Å². The van der Waals surface area contributed by atoms with E-state index in [9.17, 15) is 9.59 Å². The third-order valence-electron chi connectivity index (χ3n) is 2.28. The molecule has 4 N–H and O–H groups in total. The fraction of sp³-hybridized carbons (Fsp3) is 0.333. The van der Waals surface area contributed by atoms with E-state index in [0.717, 1.165) is 5.56 Å². The zero-order chi connectivity index (χ0) is 12.7. The summed E-state index contributed by atoms with van der Waals surface area (Å²) in [6, 6.07) is 7.33. The maximum Gasteiger partial charge on any atom is 0.305 e. The van der Waals surface area contributed by atoms with Crippen molar-refractivity contribution in [3.8, 4) is 0 Å². The summed E-state index contributed by atoms with van der Waals surface area (Å²) < 4.78 is 0. The number of nitrogen functional groups attached to an aromatic ring is 1. The van der Waals surface area contributed by atoms with Gasteiger partial charge in [-0.15, -0.1) is 0 Å². The Morgan fingerprint density at radius 1 is 1.18 bits per heavy atom. The number of hydrogen-bond donors (Lipinski definition) is 3. The van der Waals surface area contributed by atoms with Gasteiger partial charge in [-0.25, -0.2) is 0 Å². The molecule has 0 aliphatic heterocycles. The normalized spacial score (nSPS) is 9.88. The summed E-state index contributed by atoms with van der Waals surface area (Å²) in [4.78, 5) is 21.6. The molecule has 5 heteroatoms. The van der Waals surface area contributed by atoms with Crippen molar-refractivity contribution >= 4 is 17.6 Å². The van der Waals surface area contributed by atoms with Gasteiger partial charge in [-0.1, -0.05) is 12.1 Å². The summed E-state index contributed by atoms with van der Waals surface area (Å²) >= 11 is 0. The quantitative estimate of drug-likeness (QED) is 0.637. The number of carboxylic acid groups (broad SMARTS) is 1. The van der Waals surface area contributed by atoms with Gasteiger partial charge in [-0.05, 0) is 24.1 Å². The minimum absolute atomic E-state index is 0.0480. The minimum atomic E-state index is -0.913. The molecule has 1 aromatic carbocycles. The third-order valence-corrected chi connectivity index (χ3v) is 2.28. The summed E-state index contributed by atoms with van der Waals surface area (Å²) in [5.74, 6) is -1.05. The molecular weight excluding hydrogens is 220 g/mol. The molecule has 0 bridgehead atoms. The number of amides is 1. The van der Waals surface area contributed by atoms with Gasteiger partial charge in [0.25, 0.3) is 0 Å². The van der Waals surface area contributed by atoms with Crippen LogP contribution in [0.5, 0.6) is 0 Å². The molecule has 0 unspecified atom stereocenters. The van der Waals surface area contributed by atoms with E-state index in [1.807, 2.05) is 12.1 Å². The predicted molar refractivity (Wildman–Crippen MR) is 64.4 cm³/mol. The van der Waals surface area contributed by atoms with E-state index in [1.54, 1.807) is 12.1 Å². The second-order valence-corrected chi connectivity index (χ2v) is 3.74. The topological polar surface area (TPSA) is 92.4 Å². The fourth-order valence-corrected chi connectivity index (χ4v) is 1.34. The van der Waals surface area contributed by atoms with Crippen molar-refractivity contribution in [1.29, 1.82) is 0 Å². The minimum Gasteiger partial charge on any atom is -0.481 e. The number of anilines is 1. The first-order chi connectivity index (χ1) is 8.08. The van der Waals surface area contributed by atoms with Crippen molar-refractivity contribution in [3.63, 3.8) is 0 Å². The van der Waals surface area contributed by atoms with E-state index in [-0.39, 0.29) is 18.9 Å². The standard InChI is InChI=1S/C12H16N2O3/c13-10-4-1-9(2-5-10)3-6-11(15)14-8-7-12(16)17/h1-2,4-5H,3,6-8,13H2,(H,14,15)(H,16,17). The molecule has 1 amide bonds. The average molecular weight is 236 g/mol. The van der Waals surface area contributed by atoms with E-state index in [4.69, 9.17) is 10.8 Å². The molecule has 1 rings (SSSR count). The molecule has 0 aliphatic carbocycles. The molecule has 5 nitrogen and oxygen atoms in total. The van der Waals surface area contributed by atoms with Crippen LogP contribution in [0, 0.1) is 0 Å². The number of rotatable bonds is 6. The molecule has 0 fully saturated rings. The molecule has 0 spiro atoms. The van der Waals surface area contributed by atoms with Gasteiger partial charge in [0.15, 0.2) is 0 Å². The Hall–Kier alpha value is -2.04. The number of aryl methyl sites for hydroxylation is 1. The Morgan fingerprint density at radius 3 is 2.41 bits per heavy atom. The first-order valence-corrected chi connectivity index (χ1v) is 5.41. The van der Waals surface area contributed by atoms with E-state index >= 15 is 0 Å². The number of aliphatic carboxylic acids is 1. The van der Waals surface area contributed by atoms with Crippen molar-refractivity contribution in [2.45, 2.75) is 19.3 Å². The van der Waals surface area contributed by atoms with Gasteiger partial charge in [-0.2, -0.15) is 0 Å². The maximum atomic E-state index is 11.3. The molecule has 0 saturated heterocycles. The third kappa shape index (κ3) is 5.55. The Balaban J connectivity index is 2.23. The van der Waals surface area contributed by atoms with Gasteiger partial charge in [0, 0.05) is 18.7 Å². The molecule has 92 valence electrons. The summed E-state index contributed by atoms with van der Waals surface area (Å²) in [5, 5.41) is 10.9. The van der Waals surface area contributed by atoms with E-state index in [0.29, 0.717) is 18.5 Å². The molecule has 0 aliphatic rings. The lowest BCUT2D eigenvalue weighted by atomic mass is 10.1. The number of hydrogen-bond acceptors (Lipinski definition) is 3. The van der Waals surface area contributed by atoms with Crippen LogP contribution in [-0.2, 0) is 16.0 Å². The molecule has 0 heterocycles. The monoisotopic (exact) mass is 236 g/mol. The van der Waals surface area contributed by atoms with E-state index < -0.39 is 5.97 Å². The van der Waals surface area contributed by atoms with Crippen LogP contribution in [0.3, 0.4) is 0 Å². The lowest BCUT2D eigenvalue weighted by molar-refractivity contribution is -0.136. The fourth-order valence-electron chi connectivity index (χ4n) is 1.34. The van der Waals surface area contributed by atoms with Crippen LogP contribution < -0.4 is 11.1 Å². The second kappa shape index (κ2) is 6.52. The van der Waals surface area contributed by atoms with Crippen LogP contribution in [0.4, 0.5) is 5.69 Å². The van der Waals surface area contributed by atoms with Gasteiger partial charge in [0.2, 0.25) is 5.91 Å². The molecule has 0 saturated carbocycles. The van der Waals surface area contributed by atoms with E-state index in [2.05, 4.69) is 5.32 Å². The van der Waals surface area contributed by atoms with Crippen LogP contribution in [0.1, 0.15) is 18.4 Å². The zero-order valence-corrected chi connectivity index (χ0v) is 9.48. The molecule has 0 atom stereocenters. The van der Waals surface area contributed by atoms with Crippen molar-refractivity contribution in [2.75, 3.05) is 12.3 Å². The first-order valence-electron chi connectivity index (χ1n) is 5.41. The number of carbonyl (C=O) groups is 2. The number of carboxylic acids is 1. The van der Waals surface area contributed by atoms with Crippen molar-refractivity contribution in [3.05, 3.63) is 29.8 Å². The SMILES string of the molecule is Nc1ccc(CCC(=O)NCCC(=O)O)cc1. The summed E-state index contributed by atoms with van der Waals surface area (Å²) in [6.45, 7) is 0.176. The lowest BCUT2D eigenvalue weighted by Crippen LogP contribution is -2.26. The molecule has 0 radical (unpaired) electrons. The Kier molecular flexibility index (Phi) is 5.00. The average Bonchev–Trinajstić information content (AvgIpc) is 2.28. The smallest absolute Gasteiger partial charge is 0.305 e. The molecule has 17 heavy (non-hydrogen) atoms. The van der Waals surface area contributed by atoms with Gasteiger partial charge in [0.05, 0.1) is 6.42 Å². The van der Waals surface area contributed by atoms with Crippen molar-refractivity contribution in [1.82, 2.24) is 5.32 Å². The van der Waals surface area contributed by atoms with Gasteiger partial charge in [0.1, 0.15) is 0 Å². The highest BCUT2D eigenvalue weighted by Gasteiger charge is 2.03. The number of carbonyl (C=O) groups excluding carboxylic acids is 1. The second-order valence-electron chi connectivity index (χ2n) is 3.74. The Bertz CT molecular complexity index is 387. The van der Waals surface area contributed by atoms with Gasteiger partial charge >= 0.3 is 5.97 Å². The number of nitrogens with two attached hydrogens (primary N) is 1. The number of nitrogens with one attached hydrogen (secondary N) is 1. The van der Waals surface area contributed by atoms with Crippen LogP contribution in [0.15, 0.2) is 24.3 Å². The Morgan fingerprint density at radius 2 is 1.82 bits per heavy atom. The van der Waals surface area contributed by atoms with Gasteiger partial charge in [-0.3, -0.25) is 9.59 Å². The Labute approximate surface area is 99.6 Å². The highest BCUT2D eigenvalue weighted by atomic mass is 16.4. The highest BCUT2D eigenvalue weighted by Crippen LogP contribution is 2.07. The van der Waals surface area contributed by atoms with Crippen molar-refractivity contribution in [2.24, 2.45) is 0 Å². The largest absolute Gasteiger partial charge is 0.481 e. The number of benzene rings is 1. The predicted octanol–water partition coefficient (Wildman–Crippen LogP) is 0.792. The van der Waals surface area contributed by atoms with E-state index in [1.165, 1.54) is 0 Å². The zero-order valence-electron chi connectivity index (χ0n) is 9.48. The maximum absolute atomic E-state index is 11.3.